The summed E-state index contributed by atoms with van der Waals surface area (Å²) in [6.07, 6.45) is 1.97. The summed E-state index contributed by atoms with van der Waals surface area (Å²) < 4.78 is 1.27. The lowest BCUT2D eigenvalue weighted by atomic mass is 10.0. The van der Waals surface area contributed by atoms with Gasteiger partial charge in [0.2, 0.25) is 0 Å². The number of aromatic nitrogens is 1. The summed E-state index contributed by atoms with van der Waals surface area (Å²) in [4.78, 5) is 22.5. The molecule has 0 bridgehead atoms. The molecule has 1 rings (SSSR count). The summed E-state index contributed by atoms with van der Waals surface area (Å²) in [5.74, 6) is -0.727. The predicted octanol–water partition coefficient (Wildman–Crippen LogP) is 1.52. The van der Waals surface area contributed by atoms with Crippen LogP contribution in [0.1, 0.15) is 26.3 Å². The first-order valence-electron chi connectivity index (χ1n) is 4.92. The average Bonchev–Trinajstić information content (AvgIpc) is 2.15. The molecule has 0 radical (unpaired) electrons. The lowest BCUT2D eigenvalue weighted by molar-refractivity contribution is -0.141. The van der Waals surface area contributed by atoms with Crippen LogP contribution in [0.5, 0.6) is 0 Å². The molecule has 15 heavy (non-hydrogen) atoms. The van der Waals surface area contributed by atoms with E-state index in [0.29, 0.717) is 6.42 Å². The lowest BCUT2D eigenvalue weighted by Crippen LogP contribution is -2.29. The number of rotatable bonds is 4. The third kappa shape index (κ3) is 2.94. The molecule has 0 amide bonds. The Balaban J connectivity index is 3.05. The van der Waals surface area contributed by atoms with Gasteiger partial charge in [-0.2, -0.15) is 0 Å². The van der Waals surface area contributed by atoms with Crippen LogP contribution in [0.25, 0.3) is 0 Å². The fourth-order valence-corrected chi connectivity index (χ4v) is 1.48. The van der Waals surface area contributed by atoms with Crippen LogP contribution in [0.4, 0.5) is 0 Å². The molecule has 0 saturated carbocycles. The van der Waals surface area contributed by atoms with Crippen molar-refractivity contribution in [1.82, 2.24) is 4.57 Å². The third-order valence-electron chi connectivity index (χ3n) is 2.17. The van der Waals surface area contributed by atoms with Crippen molar-refractivity contribution in [1.29, 1.82) is 0 Å². The minimum atomic E-state index is -0.961. The van der Waals surface area contributed by atoms with Crippen LogP contribution >= 0.6 is 0 Å². The highest BCUT2D eigenvalue weighted by Gasteiger charge is 2.20. The Kier molecular flexibility index (Phi) is 3.66. The van der Waals surface area contributed by atoms with Gasteiger partial charge in [-0.3, -0.25) is 4.79 Å². The van der Waals surface area contributed by atoms with E-state index in [-0.39, 0.29) is 11.5 Å². The molecular formula is C11H15NO3. The smallest absolute Gasteiger partial charge is 0.326 e. The van der Waals surface area contributed by atoms with Crippen LogP contribution in [-0.4, -0.2) is 15.6 Å². The molecule has 4 heteroatoms. The zero-order valence-corrected chi connectivity index (χ0v) is 8.88. The van der Waals surface area contributed by atoms with Crippen molar-refractivity contribution in [3.05, 3.63) is 34.7 Å². The largest absolute Gasteiger partial charge is 0.480 e. The molecule has 1 unspecified atom stereocenters. The number of hydrogen-bond donors (Lipinski definition) is 1. The van der Waals surface area contributed by atoms with E-state index in [2.05, 4.69) is 0 Å². The first kappa shape index (κ1) is 11.5. The number of aliphatic carboxylic acids is 1. The van der Waals surface area contributed by atoms with Crippen LogP contribution in [0.2, 0.25) is 0 Å². The Morgan fingerprint density at radius 1 is 1.47 bits per heavy atom. The zero-order chi connectivity index (χ0) is 11.4. The molecule has 0 aliphatic carbocycles. The topological polar surface area (TPSA) is 59.3 Å². The highest BCUT2D eigenvalue weighted by molar-refractivity contribution is 5.71. The summed E-state index contributed by atoms with van der Waals surface area (Å²) in [6.45, 7) is 3.87. The fourth-order valence-electron chi connectivity index (χ4n) is 1.48. The van der Waals surface area contributed by atoms with Crippen LogP contribution < -0.4 is 5.56 Å². The molecule has 82 valence electrons. The van der Waals surface area contributed by atoms with Crippen molar-refractivity contribution in [2.24, 2.45) is 5.92 Å². The van der Waals surface area contributed by atoms with Crippen molar-refractivity contribution in [3.8, 4) is 0 Å². The van der Waals surface area contributed by atoms with Gasteiger partial charge in [0.1, 0.15) is 6.04 Å². The van der Waals surface area contributed by atoms with Crippen LogP contribution in [0, 0.1) is 5.92 Å². The van der Waals surface area contributed by atoms with E-state index in [1.54, 1.807) is 12.1 Å². The number of carbonyl (C=O) groups is 1. The second kappa shape index (κ2) is 4.77. The summed E-state index contributed by atoms with van der Waals surface area (Å²) in [5, 5.41) is 9.04. The van der Waals surface area contributed by atoms with Crippen molar-refractivity contribution in [3.63, 3.8) is 0 Å². The van der Waals surface area contributed by atoms with E-state index in [1.807, 2.05) is 13.8 Å². The fraction of sp³-hybridized carbons (Fsp3) is 0.455. The molecule has 1 N–H and O–H groups in total. The summed E-state index contributed by atoms with van der Waals surface area (Å²) in [7, 11) is 0. The van der Waals surface area contributed by atoms with Gasteiger partial charge < -0.3 is 9.67 Å². The molecule has 0 aromatic carbocycles. The van der Waals surface area contributed by atoms with E-state index in [1.165, 1.54) is 16.8 Å². The first-order chi connectivity index (χ1) is 7.02. The van der Waals surface area contributed by atoms with Gasteiger partial charge in [-0.15, -0.1) is 0 Å². The maximum Gasteiger partial charge on any atom is 0.326 e. The van der Waals surface area contributed by atoms with Crippen LogP contribution in [0.15, 0.2) is 29.2 Å². The highest BCUT2D eigenvalue weighted by Crippen LogP contribution is 2.15. The normalized spacial score (nSPS) is 12.7. The van der Waals surface area contributed by atoms with Gasteiger partial charge in [0, 0.05) is 12.3 Å². The third-order valence-corrected chi connectivity index (χ3v) is 2.17. The molecular weight excluding hydrogens is 194 g/mol. The van der Waals surface area contributed by atoms with Crippen molar-refractivity contribution in [2.75, 3.05) is 0 Å². The summed E-state index contributed by atoms with van der Waals surface area (Å²) >= 11 is 0. The van der Waals surface area contributed by atoms with E-state index < -0.39 is 12.0 Å². The molecule has 1 aromatic heterocycles. The van der Waals surface area contributed by atoms with Gasteiger partial charge in [-0.25, -0.2) is 4.79 Å². The predicted molar refractivity (Wildman–Crippen MR) is 56.8 cm³/mol. The number of pyridine rings is 1. The monoisotopic (exact) mass is 209 g/mol. The minimum Gasteiger partial charge on any atom is -0.480 e. The Labute approximate surface area is 88.2 Å². The molecule has 0 saturated heterocycles. The second-order valence-electron chi connectivity index (χ2n) is 3.93. The molecule has 0 fully saturated rings. The van der Waals surface area contributed by atoms with Crippen molar-refractivity contribution >= 4 is 5.97 Å². The van der Waals surface area contributed by atoms with Crippen LogP contribution in [-0.2, 0) is 4.79 Å². The lowest BCUT2D eigenvalue weighted by Gasteiger charge is -2.16. The summed E-state index contributed by atoms with van der Waals surface area (Å²) in [6, 6.07) is 3.87. The van der Waals surface area contributed by atoms with Crippen molar-refractivity contribution < 1.29 is 9.90 Å². The SMILES string of the molecule is CC(C)CC(C(=O)O)n1ccccc1=O. The van der Waals surface area contributed by atoms with Gasteiger partial charge in [0.05, 0.1) is 0 Å². The molecule has 0 aliphatic heterocycles. The van der Waals surface area contributed by atoms with Gasteiger partial charge >= 0.3 is 5.97 Å². The molecule has 0 spiro atoms. The molecule has 1 aromatic rings. The quantitative estimate of drug-likeness (QED) is 0.817. The van der Waals surface area contributed by atoms with Crippen molar-refractivity contribution in [2.45, 2.75) is 26.3 Å². The molecule has 1 atom stereocenters. The number of hydrogen-bond acceptors (Lipinski definition) is 2. The van der Waals surface area contributed by atoms with E-state index in [4.69, 9.17) is 5.11 Å². The highest BCUT2D eigenvalue weighted by atomic mass is 16.4. The van der Waals surface area contributed by atoms with E-state index >= 15 is 0 Å². The Hall–Kier alpha value is -1.58. The van der Waals surface area contributed by atoms with Gasteiger partial charge in [-0.1, -0.05) is 19.9 Å². The van der Waals surface area contributed by atoms with Gasteiger partial charge in [0.25, 0.3) is 5.56 Å². The molecule has 0 aliphatic rings. The minimum absolute atomic E-state index is 0.234. The first-order valence-corrected chi connectivity index (χ1v) is 4.92. The maximum absolute atomic E-state index is 11.4. The maximum atomic E-state index is 11.4. The number of carboxylic acids is 1. The average molecular weight is 209 g/mol. The molecule has 4 nitrogen and oxygen atoms in total. The standard InChI is InChI=1S/C11H15NO3/c1-8(2)7-9(11(14)15)12-6-4-3-5-10(12)13/h3-6,8-9H,7H2,1-2H3,(H,14,15). The number of nitrogens with zero attached hydrogens (tertiary/aromatic N) is 1. The van der Waals surface area contributed by atoms with E-state index in [9.17, 15) is 9.59 Å². The Morgan fingerprint density at radius 3 is 2.60 bits per heavy atom. The van der Waals surface area contributed by atoms with Crippen LogP contribution in [0.3, 0.4) is 0 Å². The zero-order valence-electron chi connectivity index (χ0n) is 8.88. The Morgan fingerprint density at radius 2 is 2.13 bits per heavy atom. The Bertz CT molecular complexity index is 395. The second-order valence-corrected chi connectivity index (χ2v) is 3.93. The summed E-state index contributed by atoms with van der Waals surface area (Å²) in [5.41, 5.74) is -0.273. The van der Waals surface area contributed by atoms with E-state index in [0.717, 1.165) is 0 Å². The number of carboxylic acid groups (broad SMARTS) is 1. The molecule has 1 heterocycles. The van der Waals surface area contributed by atoms with Gasteiger partial charge in [0.15, 0.2) is 0 Å². The van der Waals surface area contributed by atoms with Gasteiger partial charge in [-0.05, 0) is 18.4 Å².